The van der Waals surface area contributed by atoms with Gasteiger partial charge in [0.1, 0.15) is 24.1 Å². The zero-order valence-electron chi connectivity index (χ0n) is 23.6. The van der Waals surface area contributed by atoms with Gasteiger partial charge in [-0.15, -0.1) is 5.10 Å². The third-order valence-corrected chi connectivity index (χ3v) is 7.59. The van der Waals surface area contributed by atoms with E-state index in [0.717, 1.165) is 29.7 Å². The molecule has 2 heterocycles. The summed E-state index contributed by atoms with van der Waals surface area (Å²) in [7, 11) is 0. The number of ether oxygens (including phenoxy) is 2. The van der Waals surface area contributed by atoms with Crippen molar-refractivity contribution in [1.29, 1.82) is 0 Å². The van der Waals surface area contributed by atoms with E-state index in [1.165, 1.54) is 0 Å². The molecule has 0 fully saturated rings. The SMILES string of the molecule is CCCCSc1nc2n(n1)C(c1cccc(OCc3ccccc3)c1)C(C(=O)Nc1ccccc1OCC)=C(C)N2. The van der Waals surface area contributed by atoms with Crippen LogP contribution in [0.1, 0.15) is 50.8 Å². The molecule has 0 saturated carbocycles. The van der Waals surface area contributed by atoms with Crippen molar-refractivity contribution in [3.63, 3.8) is 0 Å². The molecular weight excluding hydrogens is 534 g/mol. The fourth-order valence-corrected chi connectivity index (χ4v) is 5.57. The van der Waals surface area contributed by atoms with E-state index in [0.29, 0.717) is 52.8 Å². The van der Waals surface area contributed by atoms with Gasteiger partial charge in [-0.1, -0.05) is 79.7 Å². The van der Waals surface area contributed by atoms with Crippen LogP contribution in [0.5, 0.6) is 11.5 Å². The van der Waals surface area contributed by atoms with Crippen molar-refractivity contribution in [1.82, 2.24) is 14.8 Å². The van der Waals surface area contributed by atoms with Crippen LogP contribution in [0.25, 0.3) is 0 Å². The predicted molar refractivity (Wildman–Crippen MR) is 164 cm³/mol. The topological polar surface area (TPSA) is 90.3 Å². The van der Waals surface area contributed by atoms with Gasteiger partial charge in [0.2, 0.25) is 11.1 Å². The molecule has 4 aromatic rings. The van der Waals surface area contributed by atoms with Gasteiger partial charge in [-0.2, -0.15) is 4.98 Å². The van der Waals surface area contributed by atoms with Crippen LogP contribution in [0.3, 0.4) is 0 Å². The lowest BCUT2D eigenvalue weighted by molar-refractivity contribution is -0.113. The fourth-order valence-electron chi connectivity index (χ4n) is 4.66. The number of rotatable bonds is 12. The number of amides is 1. The number of hydrogen-bond donors (Lipinski definition) is 2. The Hall–Kier alpha value is -4.24. The number of benzene rings is 3. The van der Waals surface area contributed by atoms with Crippen molar-refractivity contribution in [3.05, 3.63) is 101 Å². The molecule has 5 rings (SSSR count). The zero-order chi connectivity index (χ0) is 28.6. The van der Waals surface area contributed by atoms with Gasteiger partial charge in [0.15, 0.2) is 0 Å². The van der Waals surface area contributed by atoms with Crippen LogP contribution in [0, 0.1) is 0 Å². The molecule has 1 atom stereocenters. The molecule has 0 spiro atoms. The van der Waals surface area contributed by atoms with Gasteiger partial charge in [-0.05, 0) is 55.7 Å². The normalized spacial score (nSPS) is 14.3. The average Bonchev–Trinajstić information content (AvgIpc) is 3.39. The van der Waals surface area contributed by atoms with E-state index in [9.17, 15) is 4.79 Å². The molecule has 2 N–H and O–H groups in total. The maximum atomic E-state index is 14.0. The lowest BCUT2D eigenvalue weighted by atomic mass is 9.94. The van der Waals surface area contributed by atoms with Gasteiger partial charge >= 0.3 is 0 Å². The van der Waals surface area contributed by atoms with Gasteiger partial charge in [-0.25, -0.2) is 4.68 Å². The molecule has 41 heavy (non-hydrogen) atoms. The molecule has 0 saturated heterocycles. The smallest absolute Gasteiger partial charge is 0.255 e. The Morgan fingerprint density at radius 2 is 1.83 bits per heavy atom. The summed E-state index contributed by atoms with van der Waals surface area (Å²) >= 11 is 1.62. The number of nitrogens with zero attached hydrogens (tertiary/aromatic N) is 3. The molecule has 1 unspecified atom stereocenters. The van der Waals surface area contributed by atoms with Crippen LogP contribution in [0.2, 0.25) is 0 Å². The first kappa shape index (κ1) is 28.3. The summed E-state index contributed by atoms with van der Waals surface area (Å²) in [5.41, 5.74) is 3.81. The van der Waals surface area contributed by atoms with Crippen molar-refractivity contribution >= 4 is 29.3 Å². The number of carbonyl (C=O) groups excluding carboxylic acids is 1. The monoisotopic (exact) mass is 569 g/mol. The van der Waals surface area contributed by atoms with E-state index in [2.05, 4.69) is 17.6 Å². The quantitative estimate of drug-likeness (QED) is 0.139. The van der Waals surface area contributed by atoms with Crippen LogP contribution < -0.4 is 20.1 Å². The molecule has 1 aliphatic heterocycles. The second kappa shape index (κ2) is 13.4. The van der Waals surface area contributed by atoms with Crippen LogP contribution in [-0.2, 0) is 11.4 Å². The van der Waals surface area contributed by atoms with Crippen molar-refractivity contribution in [3.8, 4) is 11.5 Å². The highest BCUT2D eigenvalue weighted by atomic mass is 32.2. The van der Waals surface area contributed by atoms with Crippen molar-refractivity contribution < 1.29 is 14.3 Å². The van der Waals surface area contributed by atoms with E-state index in [4.69, 9.17) is 19.6 Å². The number of anilines is 2. The van der Waals surface area contributed by atoms with Gasteiger partial charge in [0, 0.05) is 11.4 Å². The molecule has 8 nitrogen and oxygen atoms in total. The Morgan fingerprint density at radius 1 is 1.02 bits per heavy atom. The standard InChI is InChI=1S/C32H35N5O3S/c1-4-6-19-41-32-35-31-33-22(3)28(30(38)34-26-17-10-11-18-27(26)39-5-2)29(37(31)36-32)24-15-12-16-25(20-24)40-21-23-13-8-7-9-14-23/h7-18,20,29H,4-6,19,21H2,1-3H3,(H,34,38)(H,33,35,36). The Bertz CT molecular complexity index is 1520. The molecule has 1 amide bonds. The molecule has 9 heteroatoms. The molecule has 1 aromatic heterocycles. The van der Waals surface area contributed by atoms with Gasteiger partial charge < -0.3 is 20.1 Å². The zero-order valence-corrected chi connectivity index (χ0v) is 24.4. The summed E-state index contributed by atoms with van der Waals surface area (Å²) < 4.78 is 13.7. The summed E-state index contributed by atoms with van der Waals surface area (Å²) in [6.07, 6.45) is 2.18. The highest BCUT2D eigenvalue weighted by Crippen LogP contribution is 2.38. The molecule has 1 aliphatic rings. The number of aromatic nitrogens is 3. The highest BCUT2D eigenvalue weighted by molar-refractivity contribution is 7.99. The number of nitrogens with one attached hydrogen (secondary N) is 2. The minimum absolute atomic E-state index is 0.246. The largest absolute Gasteiger partial charge is 0.492 e. The fraction of sp³-hybridized carbons (Fsp3) is 0.281. The van der Waals surface area contributed by atoms with E-state index < -0.39 is 6.04 Å². The average molecular weight is 570 g/mol. The number of carbonyl (C=O) groups is 1. The third-order valence-electron chi connectivity index (χ3n) is 6.66. The maximum absolute atomic E-state index is 14.0. The summed E-state index contributed by atoms with van der Waals surface area (Å²) in [6, 6.07) is 24.8. The second-order valence-electron chi connectivity index (χ2n) is 9.66. The Labute approximate surface area is 245 Å². The van der Waals surface area contributed by atoms with Gasteiger partial charge in [-0.3, -0.25) is 4.79 Å². The summed E-state index contributed by atoms with van der Waals surface area (Å²) in [5, 5.41) is 11.9. The predicted octanol–water partition coefficient (Wildman–Crippen LogP) is 7.08. The molecule has 0 radical (unpaired) electrons. The minimum Gasteiger partial charge on any atom is -0.492 e. The first-order chi connectivity index (χ1) is 20.1. The van der Waals surface area contributed by atoms with Crippen LogP contribution in [-0.4, -0.2) is 33.0 Å². The molecule has 0 aliphatic carbocycles. The lowest BCUT2D eigenvalue weighted by Gasteiger charge is -2.29. The first-order valence-electron chi connectivity index (χ1n) is 13.9. The Kier molecular flexibility index (Phi) is 9.26. The number of para-hydroxylation sites is 2. The third kappa shape index (κ3) is 6.74. The van der Waals surface area contributed by atoms with Gasteiger partial charge in [0.05, 0.1) is 17.9 Å². The number of hydrogen-bond acceptors (Lipinski definition) is 7. The summed E-state index contributed by atoms with van der Waals surface area (Å²) in [6.45, 7) is 6.92. The van der Waals surface area contributed by atoms with Crippen LogP contribution in [0.4, 0.5) is 11.6 Å². The number of unbranched alkanes of at least 4 members (excludes halogenated alkanes) is 1. The van der Waals surface area contributed by atoms with E-state index >= 15 is 0 Å². The van der Waals surface area contributed by atoms with Crippen LogP contribution >= 0.6 is 11.8 Å². The number of thioether (sulfide) groups is 1. The first-order valence-corrected chi connectivity index (χ1v) is 14.9. The van der Waals surface area contributed by atoms with Crippen molar-refractivity contribution in [2.24, 2.45) is 0 Å². The maximum Gasteiger partial charge on any atom is 0.255 e. The van der Waals surface area contributed by atoms with Crippen molar-refractivity contribution in [2.75, 3.05) is 23.0 Å². The molecule has 212 valence electrons. The lowest BCUT2D eigenvalue weighted by Crippen LogP contribution is -2.31. The molecule has 0 bridgehead atoms. The Balaban J connectivity index is 1.49. The summed E-state index contributed by atoms with van der Waals surface area (Å²) in [5.74, 6) is 2.62. The minimum atomic E-state index is -0.515. The van der Waals surface area contributed by atoms with E-state index in [1.54, 1.807) is 16.4 Å². The number of allylic oxidation sites excluding steroid dienone is 1. The second-order valence-corrected chi connectivity index (χ2v) is 10.7. The summed E-state index contributed by atoms with van der Waals surface area (Å²) in [4.78, 5) is 18.7. The molecular formula is C32H35N5O3S. The van der Waals surface area contributed by atoms with Crippen LogP contribution in [0.15, 0.2) is 95.3 Å². The highest BCUT2D eigenvalue weighted by Gasteiger charge is 2.35. The van der Waals surface area contributed by atoms with E-state index in [1.807, 2.05) is 92.7 Å². The van der Waals surface area contributed by atoms with Crippen molar-refractivity contribution in [2.45, 2.75) is 51.4 Å². The van der Waals surface area contributed by atoms with E-state index in [-0.39, 0.29) is 5.91 Å². The number of fused-ring (bicyclic) bond motifs is 1. The van der Waals surface area contributed by atoms with Gasteiger partial charge in [0.25, 0.3) is 5.91 Å². The molecule has 3 aromatic carbocycles. The Morgan fingerprint density at radius 3 is 2.63 bits per heavy atom.